The van der Waals surface area contributed by atoms with Crippen LogP contribution in [0, 0.1) is 0 Å². The number of hydrogen-bond acceptors (Lipinski definition) is 8. The number of thiazole rings is 1. The van der Waals surface area contributed by atoms with E-state index < -0.39 is 12.0 Å². The molecule has 1 atom stereocenters. The molecule has 1 fully saturated rings. The minimum Gasteiger partial charge on any atom is -0.463 e. The third-order valence-electron chi connectivity index (χ3n) is 6.80. The predicted octanol–water partition coefficient (Wildman–Crippen LogP) is 3.45. The van der Waals surface area contributed by atoms with Gasteiger partial charge >= 0.3 is 5.97 Å². The van der Waals surface area contributed by atoms with Crippen LogP contribution >= 0.6 is 11.3 Å². The maximum absolute atomic E-state index is 13.8. The summed E-state index contributed by atoms with van der Waals surface area (Å²) in [6.45, 7) is 5.77. The molecule has 1 aromatic carbocycles. The molecule has 0 amide bonds. The van der Waals surface area contributed by atoms with Crippen molar-refractivity contribution in [3.05, 3.63) is 78.7 Å². The molecule has 194 valence electrons. The van der Waals surface area contributed by atoms with Crippen LogP contribution in [0.15, 0.2) is 61.9 Å². The Bertz CT molecular complexity index is 1500. The maximum Gasteiger partial charge on any atom is 0.338 e. The van der Waals surface area contributed by atoms with Gasteiger partial charge in [0.1, 0.15) is 5.76 Å². The van der Waals surface area contributed by atoms with Crippen LogP contribution in [0.5, 0.6) is 0 Å². The average Bonchev–Trinajstić information content (AvgIpc) is 3.48. The summed E-state index contributed by atoms with van der Waals surface area (Å²) in [6.07, 6.45) is 5.34. The summed E-state index contributed by atoms with van der Waals surface area (Å²) in [7, 11) is 3.94. The molecule has 8 nitrogen and oxygen atoms in total. The Morgan fingerprint density at radius 2 is 1.89 bits per heavy atom. The number of rotatable bonds is 6. The molecule has 0 aliphatic carbocycles. The van der Waals surface area contributed by atoms with Crippen molar-refractivity contribution >= 4 is 35.0 Å². The highest BCUT2D eigenvalue weighted by Gasteiger charge is 2.33. The normalized spacial score (nSPS) is 18.0. The van der Waals surface area contributed by atoms with Gasteiger partial charge in [0.15, 0.2) is 10.7 Å². The largest absolute Gasteiger partial charge is 0.463 e. The van der Waals surface area contributed by atoms with Gasteiger partial charge in [0.05, 0.1) is 28.5 Å². The van der Waals surface area contributed by atoms with Gasteiger partial charge in [-0.2, -0.15) is 0 Å². The SMILES string of the molecule is CCOC(=O)C1=C(C)N=c2s/c(=C\c3ccc(N4CCCCC4)o3)c(=O)n2[C@@H]1c1ccc(N(C)C)cc1. The van der Waals surface area contributed by atoms with E-state index in [-0.39, 0.29) is 12.2 Å². The number of esters is 1. The van der Waals surface area contributed by atoms with Crippen molar-refractivity contribution in [2.24, 2.45) is 4.99 Å². The van der Waals surface area contributed by atoms with Crippen LogP contribution in [-0.4, -0.2) is 44.3 Å². The molecule has 9 heteroatoms. The zero-order chi connectivity index (χ0) is 26.1. The van der Waals surface area contributed by atoms with Crippen LogP contribution in [0.3, 0.4) is 0 Å². The Balaban J connectivity index is 1.60. The van der Waals surface area contributed by atoms with E-state index >= 15 is 0 Å². The van der Waals surface area contributed by atoms with E-state index in [1.807, 2.05) is 55.4 Å². The third kappa shape index (κ3) is 4.87. The summed E-state index contributed by atoms with van der Waals surface area (Å²) < 4.78 is 13.6. The molecule has 0 N–H and O–H groups in total. The summed E-state index contributed by atoms with van der Waals surface area (Å²) >= 11 is 1.30. The highest BCUT2D eigenvalue weighted by atomic mass is 32.1. The molecule has 0 bridgehead atoms. The molecule has 3 aromatic rings. The molecule has 4 heterocycles. The first-order valence-electron chi connectivity index (χ1n) is 12.7. The number of fused-ring (bicyclic) bond motifs is 1. The van der Waals surface area contributed by atoms with E-state index in [2.05, 4.69) is 9.89 Å². The Labute approximate surface area is 219 Å². The smallest absolute Gasteiger partial charge is 0.338 e. The first kappa shape index (κ1) is 25.1. The minimum atomic E-state index is -0.630. The lowest BCUT2D eigenvalue weighted by molar-refractivity contribution is -0.139. The van der Waals surface area contributed by atoms with Crippen LogP contribution in [0.1, 0.15) is 50.5 Å². The molecule has 0 unspecified atom stereocenters. The first-order chi connectivity index (χ1) is 17.9. The summed E-state index contributed by atoms with van der Waals surface area (Å²) in [6, 6.07) is 11.1. The fourth-order valence-electron chi connectivity index (χ4n) is 4.89. The van der Waals surface area contributed by atoms with Crippen molar-refractivity contribution in [3.8, 4) is 0 Å². The Hall–Kier alpha value is -3.59. The van der Waals surface area contributed by atoms with Crippen LogP contribution < -0.4 is 24.7 Å². The molecule has 1 saturated heterocycles. The number of hydrogen-bond donors (Lipinski definition) is 0. The van der Waals surface area contributed by atoms with E-state index in [0.29, 0.717) is 26.4 Å². The van der Waals surface area contributed by atoms with Gasteiger partial charge in [0.25, 0.3) is 5.56 Å². The second-order valence-electron chi connectivity index (χ2n) is 9.51. The van der Waals surface area contributed by atoms with Crippen molar-refractivity contribution in [2.75, 3.05) is 43.6 Å². The number of ether oxygens (including phenoxy) is 1. The number of benzene rings is 1. The number of carbonyl (C=O) groups is 1. The van der Waals surface area contributed by atoms with Gasteiger partial charge in [0.2, 0.25) is 0 Å². The summed E-state index contributed by atoms with van der Waals surface area (Å²) in [5.74, 6) is 0.994. The number of allylic oxidation sites excluding steroid dienone is 1. The highest BCUT2D eigenvalue weighted by Crippen LogP contribution is 2.31. The predicted molar refractivity (Wildman–Crippen MR) is 146 cm³/mol. The van der Waals surface area contributed by atoms with Crippen molar-refractivity contribution in [2.45, 2.75) is 39.2 Å². The summed E-state index contributed by atoms with van der Waals surface area (Å²) in [5.41, 5.74) is 2.57. The van der Waals surface area contributed by atoms with Gasteiger partial charge in [0, 0.05) is 45.0 Å². The number of furan rings is 1. The lowest BCUT2D eigenvalue weighted by Crippen LogP contribution is -2.39. The third-order valence-corrected chi connectivity index (χ3v) is 7.78. The minimum absolute atomic E-state index is 0.212. The lowest BCUT2D eigenvalue weighted by Gasteiger charge is -2.25. The van der Waals surface area contributed by atoms with Crippen molar-refractivity contribution in [1.82, 2.24) is 4.57 Å². The second kappa shape index (κ2) is 10.4. The zero-order valence-electron chi connectivity index (χ0n) is 21.7. The molecule has 37 heavy (non-hydrogen) atoms. The van der Waals surface area contributed by atoms with Gasteiger partial charge in [-0.15, -0.1) is 0 Å². The Morgan fingerprint density at radius 3 is 2.57 bits per heavy atom. The molecule has 5 rings (SSSR count). The van der Waals surface area contributed by atoms with Gasteiger partial charge in [-0.3, -0.25) is 9.36 Å². The zero-order valence-corrected chi connectivity index (χ0v) is 22.5. The van der Waals surface area contributed by atoms with E-state index in [9.17, 15) is 9.59 Å². The van der Waals surface area contributed by atoms with Crippen LogP contribution in [-0.2, 0) is 9.53 Å². The first-order valence-corrected chi connectivity index (χ1v) is 13.5. The molecule has 2 aromatic heterocycles. The number of carbonyl (C=O) groups excluding carboxylic acids is 1. The van der Waals surface area contributed by atoms with E-state index in [0.717, 1.165) is 43.1 Å². The number of anilines is 2. The summed E-state index contributed by atoms with van der Waals surface area (Å²) in [5, 5.41) is 0. The maximum atomic E-state index is 13.8. The van der Waals surface area contributed by atoms with Gasteiger partial charge in [-0.05, 0) is 56.9 Å². The Kier molecular flexibility index (Phi) is 7.06. The van der Waals surface area contributed by atoms with E-state index in [4.69, 9.17) is 9.15 Å². The molecule has 0 spiro atoms. The molecule has 2 aliphatic rings. The number of piperidine rings is 1. The lowest BCUT2D eigenvalue weighted by atomic mass is 9.95. The highest BCUT2D eigenvalue weighted by molar-refractivity contribution is 7.07. The standard InChI is InChI=1S/C28H32N4O4S/c1-5-35-27(34)24-18(2)29-28-32(25(24)19-9-11-20(12-10-19)30(3)4)26(33)22(37-28)17-21-13-14-23(36-21)31-15-7-6-8-16-31/h9-14,17,25H,5-8,15-16H2,1-4H3/b22-17-/t25-/m1/s1. The number of nitrogens with zero attached hydrogens (tertiary/aromatic N) is 4. The molecule has 2 aliphatic heterocycles. The topological polar surface area (TPSA) is 80.3 Å². The van der Waals surface area contributed by atoms with Crippen LogP contribution in [0.4, 0.5) is 11.6 Å². The molecular weight excluding hydrogens is 488 g/mol. The monoisotopic (exact) mass is 520 g/mol. The van der Waals surface area contributed by atoms with Gasteiger partial charge < -0.3 is 19.0 Å². The quantitative estimate of drug-likeness (QED) is 0.463. The van der Waals surface area contributed by atoms with E-state index in [1.54, 1.807) is 24.5 Å². The summed E-state index contributed by atoms with van der Waals surface area (Å²) in [4.78, 5) is 36.3. The molecular formula is C28H32N4O4S. The van der Waals surface area contributed by atoms with Crippen LogP contribution in [0.2, 0.25) is 0 Å². The van der Waals surface area contributed by atoms with Crippen molar-refractivity contribution in [3.63, 3.8) is 0 Å². The van der Waals surface area contributed by atoms with E-state index in [1.165, 1.54) is 17.8 Å². The number of aromatic nitrogens is 1. The molecule has 0 radical (unpaired) electrons. The average molecular weight is 521 g/mol. The second-order valence-corrected chi connectivity index (χ2v) is 10.5. The van der Waals surface area contributed by atoms with Gasteiger partial charge in [-0.25, -0.2) is 9.79 Å². The van der Waals surface area contributed by atoms with Crippen LogP contribution in [0.25, 0.3) is 6.08 Å². The van der Waals surface area contributed by atoms with Gasteiger partial charge in [-0.1, -0.05) is 23.5 Å². The van der Waals surface area contributed by atoms with Crippen molar-refractivity contribution in [1.29, 1.82) is 0 Å². The van der Waals surface area contributed by atoms with Crippen molar-refractivity contribution < 1.29 is 13.9 Å². The molecule has 0 saturated carbocycles. The Morgan fingerprint density at radius 1 is 1.16 bits per heavy atom. The fraction of sp³-hybridized carbons (Fsp3) is 0.393. The fourth-order valence-corrected chi connectivity index (χ4v) is 5.92.